The molecule has 0 bridgehead atoms. The van der Waals surface area contributed by atoms with Crippen molar-refractivity contribution < 1.29 is 9.53 Å². The third-order valence-electron chi connectivity index (χ3n) is 1.67. The van der Waals surface area contributed by atoms with E-state index in [1.807, 2.05) is 6.07 Å². The molecular formula is C9H12N2O2. The Balaban J connectivity index is 2.64. The molecule has 0 saturated carbocycles. The standard InChI is InChI=1S/C9H12N2O2/c1-13-9(12)4-8-3-2-7(5-10)6-11-8/h2-3,6H,4-5,10H2,1H3. The van der Waals surface area contributed by atoms with E-state index in [2.05, 4.69) is 9.72 Å². The first-order valence-electron chi connectivity index (χ1n) is 3.97. The number of carbonyl (C=O) groups is 1. The second-order valence-electron chi connectivity index (χ2n) is 2.61. The summed E-state index contributed by atoms with van der Waals surface area (Å²) in [6.45, 7) is 0.464. The molecule has 4 heteroatoms. The average molecular weight is 180 g/mol. The van der Waals surface area contributed by atoms with E-state index in [1.165, 1.54) is 7.11 Å². The third-order valence-corrected chi connectivity index (χ3v) is 1.67. The molecule has 4 nitrogen and oxygen atoms in total. The van der Waals surface area contributed by atoms with E-state index in [4.69, 9.17) is 5.73 Å². The summed E-state index contributed by atoms with van der Waals surface area (Å²) in [6, 6.07) is 3.63. The van der Waals surface area contributed by atoms with E-state index >= 15 is 0 Å². The van der Waals surface area contributed by atoms with Gasteiger partial charge in [0.05, 0.1) is 19.2 Å². The van der Waals surface area contributed by atoms with Gasteiger partial charge in [-0.05, 0) is 11.6 Å². The highest BCUT2D eigenvalue weighted by molar-refractivity contribution is 5.71. The maximum absolute atomic E-state index is 10.8. The molecule has 0 aliphatic heterocycles. The highest BCUT2D eigenvalue weighted by atomic mass is 16.5. The molecule has 0 aromatic carbocycles. The molecule has 13 heavy (non-hydrogen) atoms. The summed E-state index contributed by atoms with van der Waals surface area (Å²) in [5, 5.41) is 0. The predicted octanol–water partition coefficient (Wildman–Crippen LogP) is 0.256. The number of hydrogen-bond acceptors (Lipinski definition) is 4. The van der Waals surface area contributed by atoms with Crippen molar-refractivity contribution in [1.29, 1.82) is 0 Å². The van der Waals surface area contributed by atoms with Crippen LogP contribution < -0.4 is 5.73 Å². The molecular weight excluding hydrogens is 168 g/mol. The minimum absolute atomic E-state index is 0.210. The van der Waals surface area contributed by atoms with Crippen molar-refractivity contribution in [2.45, 2.75) is 13.0 Å². The van der Waals surface area contributed by atoms with Crippen molar-refractivity contribution in [1.82, 2.24) is 4.98 Å². The molecule has 0 radical (unpaired) electrons. The number of methoxy groups -OCH3 is 1. The van der Waals surface area contributed by atoms with Gasteiger partial charge in [-0.25, -0.2) is 0 Å². The van der Waals surface area contributed by atoms with E-state index in [1.54, 1.807) is 12.3 Å². The molecule has 1 aromatic rings. The Morgan fingerprint density at radius 3 is 2.85 bits per heavy atom. The SMILES string of the molecule is COC(=O)Cc1ccc(CN)cn1. The van der Waals surface area contributed by atoms with Crippen LogP contribution in [0.2, 0.25) is 0 Å². The third kappa shape index (κ3) is 2.83. The lowest BCUT2D eigenvalue weighted by atomic mass is 10.2. The van der Waals surface area contributed by atoms with Crippen molar-refractivity contribution in [2.24, 2.45) is 5.73 Å². The number of pyridine rings is 1. The number of aromatic nitrogens is 1. The second kappa shape index (κ2) is 4.57. The van der Waals surface area contributed by atoms with Crippen LogP contribution in [0.1, 0.15) is 11.3 Å². The number of ether oxygens (including phenoxy) is 1. The van der Waals surface area contributed by atoms with Gasteiger partial charge >= 0.3 is 5.97 Å². The first-order valence-corrected chi connectivity index (χ1v) is 3.97. The number of esters is 1. The first kappa shape index (κ1) is 9.67. The van der Waals surface area contributed by atoms with Crippen LogP contribution in [0.4, 0.5) is 0 Å². The van der Waals surface area contributed by atoms with Crippen LogP contribution >= 0.6 is 0 Å². The van der Waals surface area contributed by atoms with E-state index in [0.717, 1.165) is 5.56 Å². The fraction of sp³-hybridized carbons (Fsp3) is 0.333. The number of nitrogens with two attached hydrogens (primary N) is 1. The Morgan fingerprint density at radius 1 is 1.62 bits per heavy atom. The Bertz CT molecular complexity index is 282. The molecule has 0 aliphatic rings. The van der Waals surface area contributed by atoms with Gasteiger partial charge < -0.3 is 10.5 Å². The zero-order valence-corrected chi connectivity index (χ0v) is 7.49. The highest BCUT2D eigenvalue weighted by Crippen LogP contribution is 2.00. The number of carbonyl (C=O) groups excluding carboxylic acids is 1. The van der Waals surface area contributed by atoms with Gasteiger partial charge in [-0.3, -0.25) is 9.78 Å². The largest absolute Gasteiger partial charge is 0.469 e. The van der Waals surface area contributed by atoms with Gasteiger partial charge in [0, 0.05) is 12.7 Å². The molecule has 1 rings (SSSR count). The van der Waals surface area contributed by atoms with Gasteiger partial charge in [-0.2, -0.15) is 0 Å². The van der Waals surface area contributed by atoms with Crippen molar-refractivity contribution in [3.63, 3.8) is 0 Å². The lowest BCUT2D eigenvalue weighted by Gasteiger charge is -2.00. The van der Waals surface area contributed by atoms with Crippen LogP contribution in [0.5, 0.6) is 0 Å². The molecule has 0 spiro atoms. The fourth-order valence-electron chi connectivity index (χ4n) is 0.900. The fourth-order valence-corrected chi connectivity index (χ4v) is 0.900. The van der Waals surface area contributed by atoms with E-state index in [-0.39, 0.29) is 12.4 Å². The number of rotatable bonds is 3. The Labute approximate surface area is 76.7 Å². The molecule has 0 saturated heterocycles. The Kier molecular flexibility index (Phi) is 3.40. The maximum atomic E-state index is 10.8. The Morgan fingerprint density at radius 2 is 2.38 bits per heavy atom. The smallest absolute Gasteiger partial charge is 0.311 e. The monoisotopic (exact) mass is 180 g/mol. The molecule has 70 valence electrons. The van der Waals surface area contributed by atoms with Crippen molar-refractivity contribution >= 4 is 5.97 Å². The maximum Gasteiger partial charge on any atom is 0.311 e. The lowest BCUT2D eigenvalue weighted by molar-refractivity contribution is -0.139. The zero-order valence-electron chi connectivity index (χ0n) is 7.49. The van der Waals surface area contributed by atoms with Crippen molar-refractivity contribution in [3.05, 3.63) is 29.6 Å². The summed E-state index contributed by atoms with van der Waals surface area (Å²) in [7, 11) is 1.36. The minimum atomic E-state index is -0.284. The molecule has 0 fully saturated rings. The quantitative estimate of drug-likeness (QED) is 0.677. The zero-order chi connectivity index (χ0) is 9.68. The van der Waals surface area contributed by atoms with Gasteiger partial charge in [-0.15, -0.1) is 0 Å². The van der Waals surface area contributed by atoms with E-state index < -0.39 is 0 Å². The van der Waals surface area contributed by atoms with Gasteiger partial charge in [0.2, 0.25) is 0 Å². The van der Waals surface area contributed by atoms with Crippen LogP contribution in [0, 0.1) is 0 Å². The number of hydrogen-bond donors (Lipinski definition) is 1. The summed E-state index contributed by atoms with van der Waals surface area (Å²) in [4.78, 5) is 14.9. The molecule has 1 aromatic heterocycles. The Hall–Kier alpha value is -1.42. The minimum Gasteiger partial charge on any atom is -0.469 e. The van der Waals surface area contributed by atoms with Crippen LogP contribution in [-0.2, 0) is 22.5 Å². The van der Waals surface area contributed by atoms with Crippen molar-refractivity contribution in [3.8, 4) is 0 Å². The normalized spacial score (nSPS) is 9.69. The van der Waals surface area contributed by atoms with Gasteiger partial charge in [0.1, 0.15) is 0 Å². The lowest BCUT2D eigenvalue weighted by Crippen LogP contribution is -2.06. The van der Waals surface area contributed by atoms with Gasteiger partial charge in [0.15, 0.2) is 0 Å². The van der Waals surface area contributed by atoms with Crippen molar-refractivity contribution in [2.75, 3.05) is 7.11 Å². The second-order valence-corrected chi connectivity index (χ2v) is 2.61. The van der Waals surface area contributed by atoms with E-state index in [9.17, 15) is 4.79 Å². The summed E-state index contributed by atoms with van der Waals surface area (Å²) < 4.78 is 4.51. The predicted molar refractivity (Wildman–Crippen MR) is 47.8 cm³/mol. The summed E-state index contributed by atoms with van der Waals surface area (Å²) in [6.07, 6.45) is 1.87. The van der Waals surface area contributed by atoms with Crippen LogP contribution in [-0.4, -0.2) is 18.1 Å². The number of nitrogens with zero attached hydrogens (tertiary/aromatic N) is 1. The molecule has 0 atom stereocenters. The molecule has 2 N–H and O–H groups in total. The molecule has 1 heterocycles. The van der Waals surface area contributed by atoms with Crippen LogP contribution in [0.25, 0.3) is 0 Å². The van der Waals surface area contributed by atoms with E-state index in [0.29, 0.717) is 12.2 Å². The molecule has 0 amide bonds. The molecule has 0 unspecified atom stereocenters. The summed E-state index contributed by atoms with van der Waals surface area (Å²) in [5.74, 6) is -0.284. The first-order chi connectivity index (χ1) is 6.26. The van der Waals surface area contributed by atoms with Gasteiger partial charge in [0.25, 0.3) is 0 Å². The van der Waals surface area contributed by atoms with Crippen LogP contribution in [0.3, 0.4) is 0 Å². The average Bonchev–Trinajstić information content (AvgIpc) is 2.19. The highest BCUT2D eigenvalue weighted by Gasteiger charge is 2.02. The summed E-state index contributed by atoms with van der Waals surface area (Å²) >= 11 is 0. The molecule has 0 aliphatic carbocycles. The van der Waals surface area contributed by atoms with Crippen LogP contribution in [0.15, 0.2) is 18.3 Å². The topological polar surface area (TPSA) is 65.2 Å². The van der Waals surface area contributed by atoms with Gasteiger partial charge in [-0.1, -0.05) is 6.07 Å². The summed E-state index contributed by atoms with van der Waals surface area (Å²) in [5.41, 5.74) is 7.05.